The Balaban J connectivity index is 0.00000417. The molecule has 9 heteroatoms. The number of nitrogens with one attached hydrogen (secondary N) is 1. The Labute approximate surface area is 308 Å². The van der Waals surface area contributed by atoms with Crippen LogP contribution in [0.25, 0.3) is 16.9 Å². The predicted molar refractivity (Wildman–Crippen MR) is 183 cm³/mol. The molecular weight excluding hydrogens is 623 g/mol. The van der Waals surface area contributed by atoms with Crippen LogP contribution in [0.1, 0.15) is 70.9 Å². The number of fused-ring (bicyclic) bond motifs is 1. The zero-order valence-electron chi connectivity index (χ0n) is 27.7. The average Bonchev–Trinajstić information content (AvgIpc) is 3.89. The van der Waals surface area contributed by atoms with Gasteiger partial charge in [0.2, 0.25) is 5.91 Å². The number of aryl methyl sites for hydroxylation is 2. The molecule has 1 unspecified atom stereocenters. The molecule has 0 radical (unpaired) electrons. The van der Waals surface area contributed by atoms with Gasteiger partial charge in [-0.15, -0.1) is 0 Å². The van der Waals surface area contributed by atoms with Crippen molar-refractivity contribution in [1.29, 1.82) is 0 Å². The van der Waals surface area contributed by atoms with Gasteiger partial charge in [-0.05, 0) is 84.7 Å². The quantitative estimate of drug-likeness (QED) is 0.232. The first-order valence-electron chi connectivity index (χ1n) is 16.7. The van der Waals surface area contributed by atoms with Crippen molar-refractivity contribution in [3.8, 4) is 16.9 Å². The van der Waals surface area contributed by atoms with Crippen LogP contribution in [0.4, 0.5) is 5.69 Å². The monoisotopic (exact) mass is 660 g/mol. The Morgan fingerprint density at radius 3 is 2.18 bits per heavy atom. The van der Waals surface area contributed by atoms with Crippen LogP contribution in [0, 0.1) is 0 Å². The summed E-state index contributed by atoms with van der Waals surface area (Å²) in [5.74, 6) is -1.88. The second kappa shape index (κ2) is 15.4. The van der Waals surface area contributed by atoms with Crippen molar-refractivity contribution in [1.82, 2.24) is 15.1 Å². The van der Waals surface area contributed by atoms with Gasteiger partial charge in [-0.3, -0.25) is 14.5 Å². The molecule has 1 heterocycles. The molecule has 1 saturated carbocycles. The molecule has 2 aliphatic rings. The summed E-state index contributed by atoms with van der Waals surface area (Å²) in [6.07, 6.45) is 6.54. The van der Waals surface area contributed by atoms with E-state index in [1.54, 1.807) is 39.9 Å². The maximum Gasteiger partial charge on any atom is 1.00 e. The van der Waals surface area contributed by atoms with Gasteiger partial charge in [0.1, 0.15) is 6.04 Å². The zero-order chi connectivity index (χ0) is 33.0. The number of anilines is 1. The molecule has 1 atom stereocenters. The number of carbonyl (C=O) groups is 3. The minimum absolute atomic E-state index is 0. The summed E-state index contributed by atoms with van der Waals surface area (Å²) >= 11 is 0. The van der Waals surface area contributed by atoms with Crippen LogP contribution in [-0.2, 0) is 28.9 Å². The number of carboxylic acid groups (broad SMARTS) is 1. The van der Waals surface area contributed by atoms with Gasteiger partial charge in [-0.1, -0.05) is 91.7 Å². The summed E-state index contributed by atoms with van der Waals surface area (Å²) < 4.78 is 1.77. The third-order valence-electron chi connectivity index (χ3n) is 9.43. The molecule has 8 nitrogen and oxygen atoms in total. The Bertz CT molecular complexity index is 1880. The molecular formula is C40H37N4NaO4. The second-order valence-corrected chi connectivity index (χ2v) is 12.7. The first kappa shape index (κ1) is 34.4. The number of para-hydroxylation sites is 1. The van der Waals surface area contributed by atoms with Gasteiger partial charge in [0.15, 0.2) is 5.69 Å². The molecule has 2 aliphatic carbocycles. The summed E-state index contributed by atoms with van der Waals surface area (Å²) in [5.41, 5.74) is 6.82. The summed E-state index contributed by atoms with van der Waals surface area (Å²) in [7, 11) is 0. The third kappa shape index (κ3) is 7.57. The number of hydrogen-bond acceptors (Lipinski definition) is 5. The molecule has 0 bridgehead atoms. The van der Waals surface area contributed by atoms with E-state index in [4.69, 9.17) is 5.10 Å². The van der Waals surface area contributed by atoms with Crippen LogP contribution in [-0.4, -0.2) is 33.6 Å². The van der Waals surface area contributed by atoms with Crippen molar-refractivity contribution in [2.75, 3.05) is 4.90 Å². The van der Waals surface area contributed by atoms with E-state index >= 15 is 4.79 Å². The second-order valence-electron chi connectivity index (χ2n) is 12.7. The largest absolute Gasteiger partial charge is 1.00 e. The van der Waals surface area contributed by atoms with Gasteiger partial charge in [0, 0.05) is 29.7 Å². The molecule has 242 valence electrons. The predicted octanol–water partition coefficient (Wildman–Crippen LogP) is 2.77. The molecule has 2 amide bonds. The smallest absolute Gasteiger partial charge is 0.550 e. The fourth-order valence-corrected chi connectivity index (χ4v) is 7.03. The number of carboxylic acids is 1. The number of rotatable bonds is 10. The first-order valence-corrected chi connectivity index (χ1v) is 16.7. The van der Waals surface area contributed by atoms with Crippen molar-refractivity contribution < 1.29 is 49.0 Å². The van der Waals surface area contributed by atoms with Gasteiger partial charge < -0.3 is 15.2 Å². The number of aliphatic carboxylic acids is 1. The van der Waals surface area contributed by atoms with Crippen molar-refractivity contribution in [3.05, 3.63) is 137 Å². The van der Waals surface area contributed by atoms with Crippen LogP contribution in [0.15, 0.2) is 109 Å². The molecule has 49 heavy (non-hydrogen) atoms. The van der Waals surface area contributed by atoms with Crippen LogP contribution in [0.5, 0.6) is 0 Å². The van der Waals surface area contributed by atoms with Crippen molar-refractivity contribution in [3.63, 3.8) is 0 Å². The normalized spacial score (nSPS) is 14.4. The van der Waals surface area contributed by atoms with Crippen molar-refractivity contribution in [2.24, 2.45) is 0 Å². The minimum atomic E-state index is -1.18. The van der Waals surface area contributed by atoms with Crippen LogP contribution in [0.3, 0.4) is 0 Å². The van der Waals surface area contributed by atoms with Crippen LogP contribution in [0.2, 0.25) is 0 Å². The molecule has 0 aliphatic heterocycles. The number of benzene rings is 4. The van der Waals surface area contributed by atoms with E-state index in [2.05, 4.69) is 11.4 Å². The number of nitrogens with zero attached hydrogens (tertiary/aromatic N) is 3. The maximum atomic E-state index is 15.0. The first-order chi connectivity index (χ1) is 23.4. The van der Waals surface area contributed by atoms with Gasteiger partial charge in [-0.25, -0.2) is 4.68 Å². The molecule has 7 rings (SSSR count). The minimum Gasteiger partial charge on any atom is -0.550 e. The molecule has 0 spiro atoms. The van der Waals surface area contributed by atoms with Gasteiger partial charge >= 0.3 is 29.6 Å². The van der Waals surface area contributed by atoms with E-state index in [0.29, 0.717) is 16.8 Å². The van der Waals surface area contributed by atoms with Crippen LogP contribution < -0.4 is 44.9 Å². The summed E-state index contributed by atoms with van der Waals surface area (Å²) in [6, 6.07) is 33.1. The van der Waals surface area contributed by atoms with E-state index in [0.717, 1.165) is 61.9 Å². The molecule has 1 aromatic heterocycles. The van der Waals surface area contributed by atoms with E-state index in [-0.39, 0.29) is 53.6 Å². The van der Waals surface area contributed by atoms with Gasteiger partial charge in [0.25, 0.3) is 5.91 Å². The van der Waals surface area contributed by atoms with E-state index < -0.39 is 17.9 Å². The van der Waals surface area contributed by atoms with Gasteiger partial charge in [0.05, 0.1) is 11.4 Å². The summed E-state index contributed by atoms with van der Waals surface area (Å²) in [4.78, 5) is 42.3. The average molecular weight is 661 g/mol. The topological polar surface area (TPSA) is 107 Å². The standard InChI is InChI=1S/C40H38N4O4.Na/c45-37(46)24-27-18-20-30(21-19-27)38(39(47)41-32-14-7-8-15-32)43(34-23-22-28-12-9-13-31(28)25-34)40(48)35-26-36(29-10-3-1-4-11-29)44(42-35)33-16-5-2-6-17-33;/h1-6,10-11,16-23,25-26,32,38H,7-9,12-15,24H2,(H,41,47)(H,45,46);/q;+1/p-1. The Hall–Kier alpha value is -4.50. The Morgan fingerprint density at radius 2 is 1.49 bits per heavy atom. The SMILES string of the molecule is O=C([O-])Cc1ccc(C(C(=O)NC2CCCC2)N(C(=O)c2cc(-c3ccccc3)n(-c3ccccc3)n2)c2ccc3c(c2)CCC3)cc1.[Na+]. The zero-order valence-corrected chi connectivity index (χ0v) is 29.7. The number of carbonyl (C=O) groups excluding carboxylic acids is 3. The fourth-order valence-electron chi connectivity index (χ4n) is 7.03. The van der Waals surface area contributed by atoms with E-state index in [1.807, 2.05) is 72.8 Å². The summed E-state index contributed by atoms with van der Waals surface area (Å²) in [5, 5.41) is 19.4. The third-order valence-corrected chi connectivity index (χ3v) is 9.43. The fraction of sp³-hybridized carbons (Fsp3) is 0.250. The molecule has 5 aromatic rings. The molecule has 4 aromatic carbocycles. The number of aromatic nitrogens is 2. The Kier molecular flexibility index (Phi) is 10.8. The van der Waals surface area contributed by atoms with E-state index in [1.165, 1.54) is 11.1 Å². The maximum absolute atomic E-state index is 15.0. The summed E-state index contributed by atoms with van der Waals surface area (Å²) in [6.45, 7) is 0. The number of hydrogen-bond donors (Lipinski definition) is 1. The number of amides is 2. The van der Waals surface area contributed by atoms with Crippen molar-refractivity contribution in [2.45, 2.75) is 63.5 Å². The van der Waals surface area contributed by atoms with Crippen molar-refractivity contribution >= 4 is 23.5 Å². The van der Waals surface area contributed by atoms with Gasteiger partial charge in [-0.2, -0.15) is 5.10 Å². The molecule has 0 saturated heterocycles. The Morgan fingerprint density at radius 1 is 0.816 bits per heavy atom. The van der Waals surface area contributed by atoms with Crippen LogP contribution >= 0.6 is 0 Å². The molecule has 1 N–H and O–H groups in total. The van der Waals surface area contributed by atoms with E-state index in [9.17, 15) is 14.7 Å². The molecule has 1 fully saturated rings.